The van der Waals surface area contributed by atoms with Gasteiger partial charge >= 0.3 is 0 Å². The summed E-state index contributed by atoms with van der Waals surface area (Å²) in [7, 11) is 0. The Morgan fingerprint density at radius 3 is 2.20 bits per heavy atom. The van der Waals surface area contributed by atoms with Crippen molar-refractivity contribution in [2.45, 2.75) is 12.8 Å². The van der Waals surface area contributed by atoms with Crippen LogP contribution in [0.5, 0.6) is 0 Å². The van der Waals surface area contributed by atoms with E-state index in [-0.39, 0.29) is 0 Å². The van der Waals surface area contributed by atoms with Gasteiger partial charge in [0.15, 0.2) is 0 Å². The predicted octanol–water partition coefficient (Wildman–Crippen LogP) is 7.94. The summed E-state index contributed by atoms with van der Waals surface area (Å²) in [6.45, 7) is 0. The van der Waals surface area contributed by atoms with Crippen molar-refractivity contribution in [3.63, 3.8) is 0 Å². The third-order valence-electron chi connectivity index (χ3n) is 8.18. The van der Waals surface area contributed by atoms with Crippen LogP contribution in [0.25, 0.3) is 60.6 Å². The third-order valence-corrected chi connectivity index (χ3v) is 8.18. The van der Waals surface area contributed by atoms with Gasteiger partial charge in [0.1, 0.15) is 5.65 Å². The normalized spacial score (nSPS) is 13.5. The number of nitrogens with zero attached hydrogens (tertiary/aromatic N) is 2. The second-order valence-corrected chi connectivity index (χ2v) is 9.98. The molecule has 2 nitrogen and oxygen atoms in total. The summed E-state index contributed by atoms with van der Waals surface area (Å²) in [5, 5.41) is 3.74. The van der Waals surface area contributed by atoms with Crippen LogP contribution in [-0.4, -0.2) is 9.38 Å². The highest BCUT2D eigenvalue weighted by molar-refractivity contribution is 6.15. The molecule has 0 radical (unpaired) electrons. The first-order valence-corrected chi connectivity index (χ1v) is 12.3. The number of para-hydroxylation sites is 1. The van der Waals surface area contributed by atoms with Gasteiger partial charge in [-0.15, -0.1) is 0 Å². The molecule has 0 aliphatic heterocycles. The number of aromatic nitrogens is 2. The predicted molar refractivity (Wildman–Crippen MR) is 144 cm³/mol. The molecule has 162 valence electrons. The molecule has 0 N–H and O–H groups in total. The third kappa shape index (κ3) is 2.18. The fourth-order valence-corrected chi connectivity index (χ4v) is 6.69. The molecule has 0 fully saturated rings. The van der Waals surface area contributed by atoms with Gasteiger partial charge in [0, 0.05) is 16.3 Å². The lowest BCUT2D eigenvalue weighted by molar-refractivity contribution is 1.24. The molecule has 0 bridgehead atoms. The van der Waals surface area contributed by atoms with Crippen molar-refractivity contribution in [1.29, 1.82) is 0 Å². The largest absolute Gasteiger partial charge is 0.291 e. The number of benzene rings is 5. The van der Waals surface area contributed by atoms with E-state index < -0.39 is 0 Å². The zero-order valence-electron chi connectivity index (χ0n) is 19.0. The molecular weight excluding hydrogens is 424 g/mol. The Morgan fingerprint density at radius 2 is 1.26 bits per heavy atom. The highest BCUT2D eigenvalue weighted by Gasteiger charge is 2.28. The Hall–Kier alpha value is -4.43. The van der Waals surface area contributed by atoms with E-state index in [4.69, 9.17) is 4.98 Å². The molecular formula is C33H20N2. The minimum atomic E-state index is 0.981. The molecule has 0 unspecified atom stereocenters. The maximum absolute atomic E-state index is 5.21. The summed E-state index contributed by atoms with van der Waals surface area (Å²) in [6.07, 6.45) is 2.00. The number of imidazole rings is 1. The fraction of sp³-hybridized carbons (Fsp3) is 0.0606. The number of rotatable bonds is 0. The summed E-state index contributed by atoms with van der Waals surface area (Å²) in [4.78, 5) is 5.21. The summed E-state index contributed by atoms with van der Waals surface area (Å²) in [5.41, 5.74) is 15.9. The minimum absolute atomic E-state index is 0.981. The number of hydrogen-bond acceptors (Lipinski definition) is 1. The Kier molecular flexibility index (Phi) is 3.16. The lowest BCUT2D eigenvalue weighted by atomic mass is 9.97. The second-order valence-electron chi connectivity index (χ2n) is 9.98. The van der Waals surface area contributed by atoms with Gasteiger partial charge in [-0.3, -0.25) is 4.40 Å². The molecule has 0 saturated carbocycles. The molecule has 7 aromatic rings. The van der Waals surface area contributed by atoms with Gasteiger partial charge in [-0.1, -0.05) is 72.8 Å². The molecule has 5 aromatic carbocycles. The molecule has 9 rings (SSSR count). The van der Waals surface area contributed by atoms with Gasteiger partial charge in [0.05, 0.1) is 16.6 Å². The van der Waals surface area contributed by atoms with Crippen LogP contribution in [0.15, 0.2) is 97.1 Å². The van der Waals surface area contributed by atoms with Crippen LogP contribution >= 0.6 is 0 Å². The van der Waals surface area contributed by atoms with Crippen LogP contribution in [0, 0.1) is 0 Å². The van der Waals surface area contributed by atoms with Crippen LogP contribution in [0.2, 0.25) is 0 Å². The molecule has 2 aliphatic rings. The first-order valence-electron chi connectivity index (χ1n) is 12.3. The molecule has 0 spiro atoms. The van der Waals surface area contributed by atoms with Gasteiger partial charge in [-0.2, -0.15) is 0 Å². The summed E-state index contributed by atoms with van der Waals surface area (Å²) in [6, 6.07) is 35.8. The van der Waals surface area contributed by atoms with Crippen molar-refractivity contribution < 1.29 is 0 Å². The average Bonchev–Trinajstić information content (AvgIpc) is 3.58. The molecule has 2 heterocycles. The first-order chi connectivity index (χ1) is 17.3. The van der Waals surface area contributed by atoms with Crippen LogP contribution in [-0.2, 0) is 12.8 Å². The molecule has 0 amide bonds. The van der Waals surface area contributed by atoms with Gasteiger partial charge < -0.3 is 0 Å². The van der Waals surface area contributed by atoms with E-state index in [1.807, 2.05) is 0 Å². The fourth-order valence-electron chi connectivity index (χ4n) is 6.69. The van der Waals surface area contributed by atoms with Crippen molar-refractivity contribution in [2.24, 2.45) is 0 Å². The molecule has 2 aromatic heterocycles. The Balaban J connectivity index is 1.43. The van der Waals surface area contributed by atoms with E-state index in [1.165, 1.54) is 71.7 Å². The minimum Gasteiger partial charge on any atom is -0.291 e. The van der Waals surface area contributed by atoms with Crippen molar-refractivity contribution in [1.82, 2.24) is 9.38 Å². The van der Waals surface area contributed by atoms with Crippen LogP contribution in [0.3, 0.4) is 0 Å². The number of pyridine rings is 1. The van der Waals surface area contributed by atoms with E-state index in [0.717, 1.165) is 24.0 Å². The second kappa shape index (κ2) is 6.17. The topological polar surface area (TPSA) is 17.3 Å². The smallest absolute Gasteiger partial charge is 0.146 e. The number of hydrogen-bond donors (Lipinski definition) is 0. The van der Waals surface area contributed by atoms with Gasteiger partial charge in [-0.25, -0.2) is 4.98 Å². The van der Waals surface area contributed by atoms with Crippen LogP contribution < -0.4 is 0 Å². The van der Waals surface area contributed by atoms with E-state index in [1.54, 1.807) is 0 Å². The summed E-state index contributed by atoms with van der Waals surface area (Å²) < 4.78 is 2.42. The van der Waals surface area contributed by atoms with Gasteiger partial charge in [0.25, 0.3) is 0 Å². The first kappa shape index (κ1) is 18.0. The maximum atomic E-state index is 5.21. The molecule has 0 atom stereocenters. The average molecular weight is 445 g/mol. The Morgan fingerprint density at radius 1 is 0.543 bits per heavy atom. The molecule has 35 heavy (non-hydrogen) atoms. The zero-order chi connectivity index (χ0) is 22.7. The quantitative estimate of drug-likeness (QED) is 0.217. The van der Waals surface area contributed by atoms with Crippen molar-refractivity contribution >= 4 is 38.4 Å². The molecule has 0 saturated heterocycles. The van der Waals surface area contributed by atoms with E-state index in [9.17, 15) is 0 Å². The summed E-state index contributed by atoms with van der Waals surface area (Å²) in [5.74, 6) is 0. The monoisotopic (exact) mass is 444 g/mol. The lowest BCUT2D eigenvalue weighted by Gasteiger charge is -2.11. The van der Waals surface area contributed by atoms with Crippen molar-refractivity contribution in [3.8, 4) is 22.3 Å². The van der Waals surface area contributed by atoms with Gasteiger partial charge in [0.2, 0.25) is 0 Å². The highest BCUT2D eigenvalue weighted by Crippen LogP contribution is 2.47. The van der Waals surface area contributed by atoms with Crippen LogP contribution in [0.1, 0.15) is 22.3 Å². The van der Waals surface area contributed by atoms with Crippen molar-refractivity contribution in [3.05, 3.63) is 119 Å². The zero-order valence-corrected chi connectivity index (χ0v) is 19.0. The van der Waals surface area contributed by atoms with Gasteiger partial charge in [-0.05, 0) is 81.4 Å². The van der Waals surface area contributed by atoms with E-state index in [2.05, 4.69) is 101 Å². The summed E-state index contributed by atoms with van der Waals surface area (Å²) >= 11 is 0. The van der Waals surface area contributed by atoms with E-state index in [0.29, 0.717) is 0 Å². The van der Waals surface area contributed by atoms with Crippen molar-refractivity contribution in [2.75, 3.05) is 0 Å². The number of fused-ring (bicyclic) bond motifs is 15. The molecule has 2 heteroatoms. The maximum Gasteiger partial charge on any atom is 0.146 e. The highest BCUT2D eigenvalue weighted by atomic mass is 15.0. The molecule has 2 aliphatic carbocycles. The Bertz CT molecular complexity index is 2060. The SMILES string of the molecule is c1ccc2c(c1)Cc1cc3c(cc1-2)Cc1ccc2nc4c5ccccc5c5ccccc5n4c2c1-3. The lowest BCUT2D eigenvalue weighted by Crippen LogP contribution is -1.93. The standard InChI is InChI=1S/C33H20N2/c1-2-8-23-19(7-1)15-21-18-28-22(17-27(21)23)16-20-13-14-29-32(31(20)28)35-30-12-6-5-10-25(30)24-9-3-4-11-26(24)33(35)34-29/h1-14,17-18H,15-16H2. The van der Waals surface area contributed by atoms with Crippen LogP contribution in [0.4, 0.5) is 0 Å². The Labute approximate surface area is 202 Å². The van der Waals surface area contributed by atoms with E-state index >= 15 is 0 Å².